The molecular formula is C42H32N2. The summed E-state index contributed by atoms with van der Waals surface area (Å²) in [7, 11) is 0. The number of nitrogens with zero attached hydrogens (tertiary/aromatic N) is 2. The second-order valence-corrected chi connectivity index (χ2v) is 12.0. The average molecular weight is 565 g/mol. The van der Waals surface area contributed by atoms with Crippen LogP contribution in [0.25, 0.3) is 49.7 Å². The van der Waals surface area contributed by atoms with Crippen molar-refractivity contribution in [2.45, 2.75) is 18.9 Å². The summed E-state index contributed by atoms with van der Waals surface area (Å²) in [6.07, 6.45) is 16.0. The molecule has 210 valence electrons. The third-order valence-electron chi connectivity index (χ3n) is 9.67. The van der Waals surface area contributed by atoms with Crippen molar-refractivity contribution in [3.63, 3.8) is 0 Å². The van der Waals surface area contributed by atoms with Gasteiger partial charge in [-0.1, -0.05) is 134 Å². The summed E-state index contributed by atoms with van der Waals surface area (Å²) >= 11 is 0. The van der Waals surface area contributed by atoms with Gasteiger partial charge in [-0.15, -0.1) is 0 Å². The van der Waals surface area contributed by atoms with E-state index in [0.29, 0.717) is 12.0 Å². The van der Waals surface area contributed by atoms with Crippen LogP contribution in [0.2, 0.25) is 0 Å². The zero-order valence-electron chi connectivity index (χ0n) is 24.5. The number of fused-ring (bicyclic) bond motifs is 6. The van der Waals surface area contributed by atoms with Crippen molar-refractivity contribution < 1.29 is 0 Å². The first-order valence-corrected chi connectivity index (χ1v) is 15.7. The lowest BCUT2D eigenvalue weighted by Crippen LogP contribution is -2.29. The number of rotatable bonds is 4. The fourth-order valence-corrected chi connectivity index (χ4v) is 7.82. The molecule has 1 saturated heterocycles. The molecule has 44 heavy (non-hydrogen) atoms. The molecule has 2 nitrogen and oxygen atoms in total. The van der Waals surface area contributed by atoms with Gasteiger partial charge in [-0.2, -0.15) is 0 Å². The van der Waals surface area contributed by atoms with Crippen molar-refractivity contribution in [3.8, 4) is 27.9 Å². The molecule has 0 spiro atoms. The highest BCUT2D eigenvalue weighted by molar-refractivity contribution is 6.10. The van der Waals surface area contributed by atoms with E-state index in [0.717, 1.165) is 12.8 Å². The maximum Gasteiger partial charge on any atom is 0.0619 e. The Hall–Kier alpha value is -5.34. The normalized spacial score (nSPS) is 18.8. The quantitative estimate of drug-likeness (QED) is 0.207. The van der Waals surface area contributed by atoms with Gasteiger partial charge in [0, 0.05) is 44.8 Å². The summed E-state index contributed by atoms with van der Waals surface area (Å²) in [6, 6.07) is 44.8. The summed E-state index contributed by atoms with van der Waals surface area (Å²) in [5, 5.41) is 2.55. The Morgan fingerprint density at radius 2 is 1.16 bits per heavy atom. The first-order valence-electron chi connectivity index (χ1n) is 15.7. The Morgan fingerprint density at radius 3 is 1.98 bits per heavy atom. The first kappa shape index (κ1) is 25.2. The van der Waals surface area contributed by atoms with Crippen LogP contribution in [0.3, 0.4) is 0 Å². The van der Waals surface area contributed by atoms with Crippen molar-refractivity contribution in [3.05, 3.63) is 169 Å². The fraction of sp³-hybridized carbons (Fsp3) is 0.0952. The van der Waals surface area contributed by atoms with Crippen LogP contribution in [-0.2, 0) is 0 Å². The number of anilines is 1. The lowest BCUT2D eigenvalue weighted by Gasteiger charge is -2.31. The van der Waals surface area contributed by atoms with Crippen LogP contribution in [-0.4, -0.2) is 10.6 Å². The van der Waals surface area contributed by atoms with Gasteiger partial charge in [-0.3, -0.25) is 0 Å². The maximum atomic E-state index is 2.64. The summed E-state index contributed by atoms with van der Waals surface area (Å²) in [5.74, 6) is 0.440. The number of para-hydroxylation sites is 4. The highest BCUT2D eigenvalue weighted by Crippen LogP contribution is 2.50. The van der Waals surface area contributed by atoms with E-state index in [9.17, 15) is 0 Å². The van der Waals surface area contributed by atoms with Gasteiger partial charge >= 0.3 is 0 Å². The van der Waals surface area contributed by atoms with Gasteiger partial charge in [0.05, 0.1) is 22.8 Å². The number of hydrogen-bond acceptors (Lipinski definition) is 1. The van der Waals surface area contributed by atoms with Gasteiger partial charge in [-0.05, 0) is 48.3 Å². The molecule has 0 radical (unpaired) electrons. The second kappa shape index (κ2) is 10.1. The molecule has 2 unspecified atom stereocenters. The highest BCUT2D eigenvalue weighted by atomic mass is 15.2. The summed E-state index contributed by atoms with van der Waals surface area (Å²) in [5.41, 5.74) is 12.8. The van der Waals surface area contributed by atoms with E-state index in [-0.39, 0.29) is 0 Å². The Kier molecular flexibility index (Phi) is 5.80. The van der Waals surface area contributed by atoms with Crippen molar-refractivity contribution in [1.29, 1.82) is 0 Å². The van der Waals surface area contributed by atoms with Gasteiger partial charge in [0.2, 0.25) is 0 Å². The van der Waals surface area contributed by atoms with E-state index < -0.39 is 0 Å². The first-order chi connectivity index (χ1) is 21.9. The minimum atomic E-state index is 0.339. The van der Waals surface area contributed by atoms with Gasteiger partial charge in [0.15, 0.2) is 0 Å². The third-order valence-corrected chi connectivity index (χ3v) is 9.67. The number of hydrogen-bond donors (Lipinski definition) is 0. The van der Waals surface area contributed by atoms with Gasteiger partial charge in [0.25, 0.3) is 0 Å². The van der Waals surface area contributed by atoms with E-state index in [4.69, 9.17) is 0 Å². The van der Waals surface area contributed by atoms with Gasteiger partial charge < -0.3 is 9.47 Å². The zero-order valence-corrected chi connectivity index (χ0v) is 24.5. The molecule has 1 aromatic heterocycles. The molecule has 2 heteroatoms. The molecule has 9 rings (SSSR count). The van der Waals surface area contributed by atoms with E-state index in [1.165, 1.54) is 61.1 Å². The minimum absolute atomic E-state index is 0.339. The van der Waals surface area contributed by atoms with Crippen LogP contribution in [0.4, 0.5) is 5.69 Å². The van der Waals surface area contributed by atoms with Crippen molar-refractivity contribution in [1.82, 2.24) is 4.57 Å². The Morgan fingerprint density at radius 1 is 0.523 bits per heavy atom. The Balaban J connectivity index is 1.36. The van der Waals surface area contributed by atoms with E-state index in [1.54, 1.807) is 5.57 Å². The van der Waals surface area contributed by atoms with E-state index >= 15 is 0 Å². The number of aromatic nitrogens is 1. The molecule has 3 aliphatic rings. The molecule has 2 aliphatic carbocycles. The zero-order chi connectivity index (χ0) is 29.0. The van der Waals surface area contributed by atoms with Crippen molar-refractivity contribution in [2.75, 3.05) is 4.90 Å². The molecule has 0 amide bonds. The van der Waals surface area contributed by atoms with E-state index in [1.807, 2.05) is 0 Å². The SMILES string of the molecule is C1=CCC2C3=CC=CCC3N(c3ccccc3-c3cccc(-c4ccccc4)c3-n3c4ccccc4c4ccccc43)C2=C1. The predicted octanol–water partition coefficient (Wildman–Crippen LogP) is 10.7. The average Bonchev–Trinajstić information content (AvgIpc) is 3.61. The molecule has 2 heterocycles. The monoisotopic (exact) mass is 564 g/mol. The molecule has 0 bridgehead atoms. The Labute approximate surface area is 258 Å². The molecule has 0 N–H and O–H groups in total. The van der Waals surface area contributed by atoms with Crippen molar-refractivity contribution >= 4 is 27.5 Å². The Bertz CT molecular complexity index is 2140. The molecule has 1 fully saturated rings. The smallest absolute Gasteiger partial charge is 0.0619 e. The van der Waals surface area contributed by atoms with Gasteiger partial charge in [-0.25, -0.2) is 0 Å². The minimum Gasteiger partial charge on any atom is -0.336 e. The fourth-order valence-electron chi connectivity index (χ4n) is 7.82. The second-order valence-electron chi connectivity index (χ2n) is 12.0. The van der Waals surface area contributed by atoms with Crippen LogP contribution in [0, 0.1) is 5.92 Å². The number of benzene rings is 5. The number of allylic oxidation sites excluding steroid dienone is 6. The molecule has 0 saturated carbocycles. The topological polar surface area (TPSA) is 8.17 Å². The summed E-state index contributed by atoms with van der Waals surface area (Å²) in [6.45, 7) is 0. The predicted molar refractivity (Wildman–Crippen MR) is 185 cm³/mol. The molecule has 1 aliphatic heterocycles. The van der Waals surface area contributed by atoms with Crippen molar-refractivity contribution in [2.24, 2.45) is 5.92 Å². The molecule has 5 aromatic carbocycles. The van der Waals surface area contributed by atoms with Crippen LogP contribution in [0.15, 0.2) is 169 Å². The molecular weight excluding hydrogens is 532 g/mol. The standard InChI is InChI=1S/C42H32N2/c1-2-15-29(16-3-1)30-22-14-23-36(42(30)44-40-27-12-6-19-33(40)34-20-7-13-28-41(34)44)35-21-8-11-26-39(35)43-37-24-9-4-17-31(37)32-18-5-10-25-38(32)43/h1-17,19-23,25-28,32,37H,18,24H2. The largest absolute Gasteiger partial charge is 0.336 e. The van der Waals surface area contributed by atoms with Crippen LogP contribution >= 0.6 is 0 Å². The molecule has 6 aromatic rings. The van der Waals surface area contributed by atoms with Crippen LogP contribution in [0.5, 0.6) is 0 Å². The van der Waals surface area contributed by atoms with Crippen LogP contribution < -0.4 is 4.90 Å². The summed E-state index contributed by atoms with van der Waals surface area (Å²) in [4.78, 5) is 2.64. The highest BCUT2D eigenvalue weighted by Gasteiger charge is 2.42. The van der Waals surface area contributed by atoms with Gasteiger partial charge in [0.1, 0.15) is 0 Å². The van der Waals surface area contributed by atoms with Crippen LogP contribution in [0.1, 0.15) is 12.8 Å². The third kappa shape index (κ3) is 3.74. The van der Waals surface area contributed by atoms with E-state index in [2.05, 4.69) is 167 Å². The summed E-state index contributed by atoms with van der Waals surface area (Å²) < 4.78 is 2.50. The lowest BCUT2D eigenvalue weighted by atomic mass is 9.87. The lowest BCUT2D eigenvalue weighted by molar-refractivity contribution is 0.728. The molecule has 2 atom stereocenters. The maximum absolute atomic E-state index is 2.64.